The smallest absolute Gasteiger partial charge is 0.341 e. The van der Waals surface area contributed by atoms with Gasteiger partial charge >= 0.3 is 5.97 Å². The van der Waals surface area contributed by atoms with Gasteiger partial charge in [0.2, 0.25) is 0 Å². The van der Waals surface area contributed by atoms with Gasteiger partial charge in [-0.25, -0.2) is 13.2 Å². The number of ether oxygens (including phenoxy) is 1. The lowest BCUT2D eigenvalue weighted by Gasteiger charge is -2.12. The summed E-state index contributed by atoms with van der Waals surface area (Å²) >= 11 is 12.4. The third kappa shape index (κ3) is 5.96. The number of hydrogen-bond donors (Lipinski definition) is 3. The molecule has 0 unspecified atom stereocenters. The Morgan fingerprint density at radius 3 is 2.42 bits per heavy atom. The Labute approximate surface area is 205 Å². The number of aryl methyl sites for hydroxylation is 1. The fourth-order valence-electron chi connectivity index (χ4n) is 2.96. The number of thiophene rings is 1. The van der Waals surface area contributed by atoms with Crippen molar-refractivity contribution in [3.05, 3.63) is 57.6 Å². The molecule has 9 nitrogen and oxygen atoms in total. The number of hydrogen-bond acceptors (Lipinski definition) is 8. The lowest BCUT2D eigenvalue weighted by molar-refractivity contribution is 0.0601. The van der Waals surface area contributed by atoms with Crippen molar-refractivity contribution in [2.45, 2.75) is 25.2 Å². The molecular weight excluding hydrogens is 506 g/mol. The Morgan fingerprint density at radius 2 is 1.85 bits per heavy atom. The maximum absolute atomic E-state index is 12.5. The summed E-state index contributed by atoms with van der Waals surface area (Å²) in [6.07, 6.45) is 0.681. The van der Waals surface area contributed by atoms with Gasteiger partial charge in [-0.1, -0.05) is 18.5 Å². The summed E-state index contributed by atoms with van der Waals surface area (Å²) in [5.41, 5.74) is 1.93. The monoisotopic (exact) mass is 525 g/mol. The number of rotatable bonds is 7. The molecule has 0 bridgehead atoms. The van der Waals surface area contributed by atoms with Crippen LogP contribution in [0.25, 0.3) is 0 Å². The number of methoxy groups -OCH3 is 1. The van der Waals surface area contributed by atoms with Crippen LogP contribution in [-0.4, -0.2) is 36.8 Å². The van der Waals surface area contributed by atoms with E-state index in [1.807, 2.05) is 13.8 Å². The number of carbonyl (C=O) groups is 1. The fraction of sp³-hybridized carbons (Fsp3) is 0.200. The molecule has 2 aromatic heterocycles. The molecule has 1 aromatic carbocycles. The minimum Gasteiger partial charge on any atom is -0.465 e. The first-order valence-corrected chi connectivity index (χ1v) is 12.6. The van der Waals surface area contributed by atoms with Crippen LogP contribution in [-0.2, 0) is 21.2 Å². The van der Waals surface area contributed by atoms with Crippen molar-refractivity contribution in [1.29, 1.82) is 0 Å². The van der Waals surface area contributed by atoms with Crippen LogP contribution in [0.15, 0.2) is 41.3 Å². The van der Waals surface area contributed by atoms with E-state index in [-0.39, 0.29) is 21.0 Å². The second-order valence-electron chi connectivity index (χ2n) is 6.64. The summed E-state index contributed by atoms with van der Waals surface area (Å²) in [6.45, 7) is 3.90. The van der Waals surface area contributed by atoms with E-state index in [1.165, 1.54) is 42.7 Å². The highest BCUT2D eigenvalue weighted by Crippen LogP contribution is 2.34. The van der Waals surface area contributed by atoms with Crippen LogP contribution in [0.5, 0.6) is 0 Å². The van der Waals surface area contributed by atoms with E-state index < -0.39 is 16.0 Å². The van der Waals surface area contributed by atoms with Crippen LogP contribution in [0.2, 0.25) is 5.15 Å². The lowest BCUT2D eigenvalue weighted by atomic mass is 10.1. The highest BCUT2D eigenvalue weighted by atomic mass is 35.5. The van der Waals surface area contributed by atoms with Gasteiger partial charge < -0.3 is 15.4 Å². The molecule has 13 heteroatoms. The van der Waals surface area contributed by atoms with Crippen molar-refractivity contribution in [2.75, 3.05) is 22.5 Å². The van der Waals surface area contributed by atoms with E-state index in [2.05, 4.69) is 25.6 Å². The van der Waals surface area contributed by atoms with Crippen LogP contribution in [0.3, 0.4) is 0 Å². The van der Waals surface area contributed by atoms with Gasteiger partial charge in [0.25, 0.3) is 10.0 Å². The van der Waals surface area contributed by atoms with Gasteiger partial charge in [0.05, 0.1) is 17.6 Å². The van der Waals surface area contributed by atoms with Gasteiger partial charge in [0.15, 0.2) is 16.1 Å². The average molecular weight is 526 g/mol. The van der Waals surface area contributed by atoms with Crippen LogP contribution in [0.1, 0.15) is 27.7 Å². The molecule has 0 atom stereocenters. The molecule has 0 spiro atoms. The molecule has 0 saturated carbocycles. The van der Waals surface area contributed by atoms with E-state index >= 15 is 0 Å². The van der Waals surface area contributed by atoms with Gasteiger partial charge in [0, 0.05) is 10.6 Å². The van der Waals surface area contributed by atoms with E-state index in [1.54, 1.807) is 12.1 Å². The Balaban J connectivity index is 1.71. The van der Waals surface area contributed by atoms with Crippen LogP contribution < -0.4 is 15.4 Å². The van der Waals surface area contributed by atoms with Crippen molar-refractivity contribution < 1.29 is 17.9 Å². The van der Waals surface area contributed by atoms with Gasteiger partial charge in [-0.15, -0.1) is 21.5 Å². The highest BCUT2D eigenvalue weighted by Gasteiger charge is 2.22. The molecule has 3 aromatic rings. The van der Waals surface area contributed by atoms with E-state index in [0.717, 1.165) is 10.4 Å². The van der Waals surface area contributed by atoms with Gasteiger partial charge in [-0.2, -0.15) is 0 Å². The third-order valence-electron chi connectivity index (χ3n) is 4.47. The van der Waals surface area contributed by atoms with Crippen LogP contribution in [0.4, 0.5) is 16.5 Å². The minimum absolute atomic E-state index is 0.0260. The summed E-state index contributed by atoms with van der Waals surface area (Å²) in [7, 11) is -2.53. The number of nitrogens with zero attached hydrogens (tertiary/aromatic N) is 2. The van der Waals surface area contributed by atoms with Gasteiger partial charge in [-0.3, -0.25) is 4.72 Å². The van der Waals surface area contributed by atoms with Crippen LogP contribution in [0, 0.1) is 6.92 Å². The van der Waals surface area contributed by atoms with Crippen molar-refractivity contribution in [1.82, 2.24) is 10.2 Å². The van der Waals surface area contributed by atoms with Crippen molar-refractivity contribution in [3.8, 4) is 0 Å². The van der Waals surface area contributed by atoms with Gasteiger partial charge in [0.1, 0.15) is 5.00 Å². The molecule has 0 saturated heterocycles. The molecule has 0 fully saturated rings. The number of thiocarbonyl (C=S) groups is 1. The zero-order valence-electron chi connectivity index (χ0n) is 17.8. The summed E-state index contributed by atoms with van der Waals surface area (Å²) in [4.78, 5) is 13.3. The largest absolute Gasteiger partial charge is 0.465 e. The summed E-state index contributed by atoms with van der Waals surface area (Å²) in [5, 5.41) is 14.3. The van der Waals surface area contributed by atoms with E-state index in [0.29, 0.717) is 22.7 Å². The van der Waals surface area contributed by atoms with Crippen molar-refractivity contribution in [2.24, 2.45) is 0 Å². The first kappa shape index (κ1) is 24.8. The number of benzene rings is 1. The maximum atomic E-state index is 12.5. The third-order valence-corrected chi connectivity index (χ3v) is 7.31. The molecule has 2 heterocycles. The quantitative estimate of drug-likeness (QED) is 0.303. The Hall–Kier alpha value is -2.80. The predicted octanol–water partition coefficient (Wildman–Crippen LogP) is 4.46. The molecule has 0 amide bonds. The summed E-state index contributed by atoms with van der Waals surface area (Å²) in [5.74, 6) is -0.389. The van der Waals surface area contributed by atoms with Crippen LogP contribution >= 0.6 is 35.2 Å². The maximum Gasteiger partial charge on any atom is 0.341 e. The summed E-state index contributed by atoms with van der Waals surface area (Å²) in [6, 6.07) is 8.80. The highest BCUT2D eigenvalue weighted by molar-refractivity contribution is 7.92. The second kappa shape index (κ2) is 10.4. The first-order valence-electron chi connectivity index (χ1n) is 9.55. The Morgan fingerprint density at radius 1 is 1.15 bits per heavy atom. The molecule has 0 radical (unpaired) electrons. The number of carbonyl (C=O) groups excluding carboxylic acids is 1. The number of nitrogens with one attached hydrogen (secondary N) is 3. The lowest BCUT2D eigenvalue weighted by Crippen LogP contribution is -2.20. The average Bonchev–Trinajstić information content (AvgIpc) is 3.09. The number of aromatic nitrogens is 2. The number of halogens is 1. The molecular formula is C20H20ClN5O4S3. The Bertz CT molecular complexity index is 1280. The zero-order chi connectivity index (χ0) is 24.2. The second-order valence-corrected chi connectivity index (χ2v) is 10.3. The Kier molecular flexibility index (Phi) is 7.84. The molecule has 0 aliphatic heterocycles. The molecule has 0 aliphatic rings. The number of esters is 1. The molecule has 174 valence electrons. The normalized spacial score (nSPS) is 11.0. The molecule has 33 heavy (non-hydrogen) atoms. The SMILES string of the molecule is CCc1c(C)sc(NC(=S)Nc2ccc(S(=O)(=O)Nc3ccc(Cl)nn3)cc2)c1C(=O)OC. The molecule has 3 rings (SSSR count). The molecule has 0 aliphatic carbocycles. The minimum atomic E-state index is -3.86. The van der Waals surface area contributed by atoms with Gasteiger partial charge in [-0.05, 0) is 67.5 Å². The van der Waals surface area contributed by atoms with Crippen molar-refractivity contribution in [3.63, 3.8) is 0 Å². The van der Waals surface area contributed by atoms with E-state index in [4.69, 9.17) is 28.6 Å². The van der Waals surface area contributed by atoms with E-state index in [9.17, 15) is 13.2 Å². The fourth-order valence-corrected chi connectivity index (χ4v) is 5.48. The molecule has 3 N–H and O–H groups in total. The zero-order valence-corrected chi connectivity index (χ0v) is 21.0. The summed E-state index contributed by atoms with van der Waals surface area (Å²) < 4.78 is 32.3. The predicted molar refractivity (Wildman–Crippen MR) is 134 cm³/mol. The number of anilines is 3. The standard InChI is InChI=1S/C20H20ClN5O4S3/c1-4-14-11(2)32-18(17(14)19(27)30-3)23-20(31)22-12-5-7-13(8-6-12)33(28,29)26-16-10-9-15(21)24-25-16/h5-10H,4H2,1-3H3,(H,25,26)(H2,22,23,31). The number of sulfonamides is 1. The topological polar surface area (TPSA) is 122 Å². The van der Waals surface area contributed by atoms with Crippen molar-refractivity contribution >= 4 is 72.8 Å². The first-order chi connectivity index (χ1) is 15.6.